The molecular formula is C13H13Cl2N3O2. The van der Waals surface area contributed by atoms with Crippen LogP contribution in [0.2, 0.25) is 10.0 Å². The molecule has 0 aliphatic carbocycles. The molecule has 106 valence electrons. The van der Waals surface area contributed by atoms with E-state index >= 15 is 0 Å². The van der Waals surface area contributed by atoms with Gasteiger partial charge in [-0.3, -0.25) is 0 Å². The molecule has 0 aliphatic rings. The van der Waals surface area contributed by atoms with Crippen molar-refractivity contribution in [3.8, 4) is 17.5 Å². The molecule has 1 aromatic heterocycles. The van der Waals surface area contributed by atoms with Gasteiger partial charge >= 0.3 is 0 Å². The number of nitrogens with zero attached hydrogens (tertiary/aromatic N) is 2. The lowest BCUT2D eigenvalue weighted by atomic mass is 10.3. The molecule has 2 rings (SSSR count). The van der Waals surface area contributed by atoms with E-state index in [0.29, 0.717) is 15.8 Å². The molecule has 0 unspecified atom stereocenters. The van der Waals surface area contributed by atoms with Gasteiger partial charge in [-0.25, -0.2) is 0 Å². The molecule has 0 amide bonds. The van der Waals surface area contributed by atoms with E-state index in [4.69, 9.17) is 38.4 Å². The molecular weight excluding hydrogens is 301 g/mol. The second-order valence-electron chi connectivity index (χ2n) is 4.24. The van der Waals surface area contributed by atoms with Gasteiger partial charge in [-0.15, -0.1) is 0 Å². The lowest BCUT2D eigenvalue weighted by Crippen LogP contribution is -2.10. The number of hydrogen-bond acceptors (Lipinski definition) is 5. The number of ether oxygens (including phenoxy) is 2. The van der Waals surface area contributed by atoms with E-state index in [9.17, 15) is 0 Å². The zero-order valence-corrected chi connectivity index (χ0v) is 12.4. The van der Waals surface area contributed by atoms with Crippen LogP contribution in [-0.2, 0) is 0 Å². The van der Waals surface area contributed by atoms with Crippen LogP contribution in [0.3, 0.4) is 0 Å². The van der Waals surface area contributed by atoms with Crippen molar-refractivity contribution in [2.24, 2.45) is 0 Å². The normalized spacial score (nSPS) is 10.7. The van der Waals surface area contributed by atoms with E-state index in [1.54, 1.807) is 18.2 Å². The summed E-state index contributed by atoms with van der Waals surface area (Å²) in [6.07, 6.45) is 1.27. The van der Waals surface area contributed by atoms with Crippen molar-refractivity contribution in [2.45, 2.75) is 20.0 Å². The topological polar surface area (TPSA) is 70.3 Å². The third kappa shape index (κ3) is 3.43. The molecule has 0 atom stereocenters. The summed E-state index contributed by atoms with van der Waals surface area (Å²) in [5.41, 5.74) is 6.14. The van der Waals surface area contributed by atoms with Crippen LogP contribution in [0.15, 0.2) is 24.5 Å². The second-order valence-corrected chi connectivity index (χ2v) is 5.06. The van der Waals surface area contributed by atoms with Gasteiger partial charge in [-0.2, -0.15) is 9.97 Å². The summed E-state index contributed by atoms with van der Waals surface area (Å²) in [6.45, 7) is 3.75. The van der Waals surface area contributed by atoms with E-state index in [1.165, 1.54) is 6.33 Å². The van der Waals surface area contributed by atoms with Gasteiger partial charge in [0.05, 0.1) is 16.1 Å². The van der Waals surface area contributed by atoms with Gasteiger partial charge in [0.2, 0.25) is 11.8 Å². The Hall–Kier alpha value is -1.72. The quantitative estimate of drug-likeness (QED) is 0.925. The lowest BCUT2D eigenvalue weighted by molar-refractivity contribution is 0.233. The van der Waals surface area contributed by atoms with Crippen molar-refractivity contribution in [3.63, 3.8) is 0 Å². The first kappa shape index (κ1) is 14.7. The lowest BCUT2D eigenvalue weighted by Gasteiger charge is -2.13. The van der Waals surface area contributed by atoms with Gasteiger partial charge in [0, 0.05) is 6.07 Å². The Labute approximate surface area is 126 Å². The van der Waals surface area contributed by atoms with Crippen molar-refractivity contribution in [1.29, 1.82) is 0 Å². The average Bonchev–Trinajstić information content (AvgIpc) is 2.38. The van der Waals surface area contributed by atoms with Crippen LogP contribution in [0.4, 0.5) is 5.69 Å². The van der Waals surface area contributed by atoms with Crippen molar-refractivity contribution < 1.29 is 9.47 Å². The fourth-order valence-electron chi connectivity index (χ4n) is 1.41. The van der Waals surface area contributed by atoms with Crippen LogP contribution >= 0.6 is 23.2 Å². The molecule has 0 saturated carbocycles. The number of anilines is 1. The van der Waals surface area contributed by atoms with Gasteiger partial charge in [-0.1, -0.05) is 23.2 Å². The number of nitrogen functional groups attached to an aromatic ring is 1. The summed E-state index contributed by atoms with van der Waals surface area (Å²) in [5, 5.41) is 0.828. The van der Waals surface area contributed by atoms with Gasteiger partial charge in [0.1, 0.15) is 12.1 Å². The van der Waals surface area contributed by atoms with Crippen molar-refractivity contribution in [3.05, 3.63) is 34.6 Å². The summed E-state index contributed by atoms with van der Waals surface area (Å²) < 4.78 is 11.0. The zero-order valence-electron chi connectivity index (χ0n) is 10.9. The molecule has 0 fully saturated rings. The number of rotatable bonds is 4. The summed E-state index contributed by atoms with van der Waals surface area (Å²) in [7, 11) is 0. The van der Waals surface area contributed by atoms with E-state index in [1.807, 2.05) is 13.8 Å². The fraction of sp³-hybridized carbons (Fsp3) is 0.231. The summed E-state index contributed by atoms with van der Waals surface area (Å²) in [5.74, 6) is 0.958. The van der Waals surface area contributed by atoms with Crippen LogP contribution in [0, 0.1) is 0 Å². The number of hydrogen-bond donors (Lipinski definition) is 1. The first-order valence-corrected chi connectivity index (χ1v) is 6.63. The molecule has 0 radical (unpaired) electrons. The third-order valence-corrected chi connectivity index (χ3v) is 3.00. The van der Waals surface area contributed by atoms with Crippen LogP contribution in [0.25, 0.3) is 0 Å². The van der Waals surface area contributed by atoms with E-state index in [0.717, 1.165) is 0 Å². The molecule has 0 bridgehead atoms. The first-order chi connectivity index (χ1) is 9.47. The molecule has 2 aromatic rings. The molecule has 2 N–H and O–H groups in total. The number of halogens is 2. The molecule has 5 nitrogen and oxygen atoms in total. The van der Waals surface area contributed by atoms with Crippen LogP contribution in [0.5, 0.6) is 17.5 Å². The summed E-state index contributed by atoms with van der Waals surface area (Å²) >= 11 is 11.8. The Morgan fingerprint density at radius 2 is 1.80 bits per heavy atom. The summed E-state index contributed by atoms with van der Waals surface area (Å²) in [6, 6.07) is 4.87. The standard InChI is InChI=1S/C13H13Cl2N3O2/c1-7(2)19-12-11(16)13(18-6-17-12)20-8-3-4-9(14)10(15)5-8/h3-7H,16H2,1-2H3. The average molecular weight is 314 g/mol. The number of benzene rings is 1. The fourth-order valence-corrected chi connectivity index (χ4v) is 1.70. The molecule has 0 spiro atoms. The minimum Gasteiger partial charge on any atom is -0.473 e. The highest BCUT2D eigenvalue weighted by atomic mass is 35.5. The predicted molar refractivity (Wildman–Crippen MR) is 78.7 cm³/mol. The van der Waals surface area contributed by atoms with E-state index in [-0.39, 0.29) is 23.6 Å². The molecule has 0 saturated heterocycles. The first-order valence-electron chi connectivity index (χ1n) is 5.87. The minimum atomic E-state index is -0.0509. The minimum absolute atomic E-state index is 0.0509. The Morgan fingerprint density at radius 1 is 1.10 bits per heavy atom. The predicted octanol–water partition coefficient (Wildman–Crippen LogP) is 3.95. The summed E-state index contributed by atoms with van der Waals surface area (Å²) in [4.78, 5) is 7.95. The highest BCUT2D eigenvalue weighted by Crippen LogP contribution is 2.33. The maximum atomic E-state index is 5.92. The van der Waals surface area contributed by atoms with Gasteiger partial charge in [0.15, 0.2) is 5.69 Å². The smallest absolute Gasteiger partial charge is 0.249 e. The van der Waals surface area contributed by atoms with Gasteiger partial charge in [-0.05, 0) is 26.0 Å². The molecule has 20 heavy (non-hydrogen) atoms. The molecule has 1 heterocycles. The van der Waals surface area contributed by atoms with E-state index < -0.39 is 0 Å². The second kappa shape index (κ2) is 6.15. The highest BCUT2D eigenvalue weighted by Gasteiger charge is 2.13. The Bertz CT molecular complexity index is 621. The molecule has 7 heteroatoms. The van der Waals surface area contributed by atoms with Gasteiger partial charge < -0.3 is 15.2 Å². The van der Waals surface area contributed by atoms with Crippen LogP contribution < -0.4 is 15.2 Å². The van der Waals surface area contributed by atoms with Crippen LogP contribution in [0.1, 0.15) is 13.8 Å². The SMILES string of the molecule is CC(C)Oc1ncnc(Oc2ccc(Cl)c(Cl)c2)c1N. The molecule has 0 aliphatic heterocycles. The Balaban J connectivity index is 2.27. The number of aromatic nitrogens is 2. The number of nitrogens with two attached hydrogens (primary N) is 1. The Morgan fingerprint density at radius 3 is 2.45 bits per heavy atom. The maximum absolute atomic E-state index is 5.92. The maximum Gasteiger partial charge on any atom is 0.249 e. The molecule has 1 aromatic carbocycles. The monoisotopic (exact) mass is 313 g/mol. The van der Waals surface area contributed by atoms with Crippen molar-refractivity contribution in [2.75, 3.05) is 5.73 Å². The van der Waals surface area contributed by atoms with Crippen LogP contribution in [-0.4, -0.2) is 16.1 Å². The van der Waals surface area contributed by atoms with Crippen molar-refractivity contribution in [1.82, 2.24) is 9.97 Å². The van der Waals surface area contributed by atoms with Gasteiger partial charge in [0.25, 0.3) is 0 Å². The van der Waals surface area contributed by atoms with E-state index in [2.05, 4.69) is 9.97 Å². The zero-order chi connectivity index (χ0) is 14.7. The highest BCUT2D eigenvalue weighted by molar-refractivity contribution is 6.42. The third-order valence-electron chi connectivity index (χ3n) is 2.26. The largest absolute Gasteiger partial charge is 0.473 e. The van der Waals surface area contributed by atoms with Crippen molar-refractivity contribution >= 4 is 28.9 Å². The Kier molecular flexibility index (Phi) is 4.52.